The van der Waals surface area contributed by atoms with Gasteiger partial charge in [-0.3, -0.25) is 9.59 Å². The molecule has 0 fully saturated rings. The first-order chi connectivity index (χ1) is 8.74. The maximum absolute atomic E-state index is 11.6. The fourth-order valence-corrected chi connectivity index (χ4v) is 1.48. The Kier molecular flexibility index (Phi) is 6.72. The van der Waals surface area contributed by atoms with Crippen LogP contribution in [0.1, 0.15) is 43.0 Å². The molecule has 0 amide bonds. The van der Waals surface area contributed by atoms with E-state index in [2.05, 4.69) is 12.4 Å². The number of unbranched alkanes of at least 4 members (excludes halogenated alkanes) is 2. The second-order valence-electron chi connectivity index (χ2n) is 4.04. The Bertz CT molecular complexity index is 376. The second kappa shape index (κ2) is 8.42. The number of nitrogens with one attached hydrogen (secondary N) is 1. The summed E-state index contributed by atoms with van der Waals surface area (Å²) < 4.78 is 0. The number of hydrogen-bond donors (Lipinski definition) is 1. The summed E-state index contributed by atoms with van der Waals surface area (Å²) in [5, 5.41) is 0. The molecule has 1 aromatic carbocycles. The molecule has 0 aliphatic rings. The summed E-state index contributed by atoms with van der Waals surface area (Å²) in [6.07, 6.45) is 3.29. The Balaban J connectivity index is 2.18. The summed E-state index contributed by atoms with van der Waals surface area (Å²) >= 11 is 0. The first-order valence-corrected chi connectivity index (χ1v) is 6.24. The monoisotopic (exact) mass is 249 g/mol. The summed E-state index contributed by atoms with van der Waals surface area (Å²) in [5.41, 5.74) is 3.01. The van der Waals surface area contributed by atoms with Gasteiger partial charge in [0.1, 0.15) is 0 Å². The van der Waals surface area contributed by atoms with Crippen LogP contribution in [0.25, 0.3) is 0 Å². The molecule has 0 heterocycles. The van der Waals surface area contributed by atoms with Gasteiger partial charge >= 0.3 is 5.97 Å². The van der Waals surface area contributed by atoms with Crippen molar-refractivity contribution in [2.75, 3.05) is 6.54 Å². The quantitative estimate of drug-likeness (QED) is 0.437. The summed E-state index contributed by atoms with van der Waals surface area (Å²) in [6, 6.07) is 8.89. The van der Waals surface area contributed by atoms with E-state index < -0.39 is 0 Å². The Morgan fingerprint density at radius 3 is 2.56 bits per heavy atom. The van der Waals surface area contributed by atoms with Crippen LogP contribution in [0.4, 0.5) is 0 Å². The molecule has 0 atom stereocenters. The average molecular weight is 249 g/mol. The van der Waals surface area contributed by atoms with Crippen molar-refractivity contribution in [2.45, 2.75) is 32.6 Å². The smallest absolute Gasteiger partial charge is 0.324 e. The number of hydrogen-bond acceptors (Lipinski definition) is 4. The van der Waals surface area contributed by atoms with E-state index in [0.29, 0.717) is 12.0 Å². The molecule has 0 saturated carbocycles. The highest BCUT2D eigenvalue weighted by Crippen LogP contribution is 2.00. The lowest BCUT2D eigenvalue weighted by atomic mass is 10.1. The fraction of sp³-hybridized carbons (Fsp3) is 0.429. The number of carbonyl (C=O) groups is 2. The van der Waals surface area contributed by atoms with E-state index >= 15 is 0 Å². The molecule has 1 rings (SSSR count). The molecule has 0 bridgehead atoms. The largest absolute Gasteiger partial charge is 0.370 e. The SMILES string of the molecule is CCCCCC(=O)ONCC(=O)c1ccccc1. The zero-order valence-electron chi connectivity index (χ0n) is 10.6. The third-order valence-corrected chi connectivity index (χ3v) is 2.50. The highest BCUT2D eigenvalue weighted by atomic mass is 16.7. The van der Waals surface area contributed by atoms with Gasteiger partial charge in [-0.15, -0.1) is 5.48 Å². The van der Waals surface area contributed by atoms with Crippen molar-refractivity contribution in [2.24, 2.45) is 0 Å². The normalized spacial score (nSPS) is 10.1. The third-order valence-electron chi connectivity index (χ3n) is 2.50. The first-order valence-electron chi connectivity index (χ1n) is 6.24. The van der Waals surface area contributed by atoms with E-state index in [1.807, 2.05) is 6.07 Å². The standard InChI is InChI=1S/C14H19NO3/c1-2-3-5-10-14(17)18-15-11-13(16)12-8-6-4-7-9-12/h4,6-9,15H,2-3,5,10-11H2,1H3. The number of rotatable bonds is 8. The number of hydroxylamine groups is 1. The van der Waals surface area contributed by atoms with Gasteiger partial charge in [0.05, 0.1) is 6.54 Å². The molecule has 0 aliphatic heterocycles. The van der Waals surface area contributed by atoms with Crippen molar-refractivity contribution in [3.8, 4) is 0 Å². The van der Waals surface area contributed by atoms with Gasteiger partial charge in [-0.25, -0.2) is 0 Å². The zero-order chi connectivity index (χ0) is 13.2. The van der Waals surface area contributed by atoms with Crippen molar-refractivity contribution < 1.29 is 14.4 Å². The molecule has 4 nitrogen and oxygen atoms in total. The molecule has 18 heavy (non-hydrogen) atoms. The van der Waals surface area contributed by atoms with Crippen LogP contribution in [0.15, 0.2) is 30.3 Å². The van der Waals surface area contributed by atoms with Gasteiger partial charge in [0, 0.05) is 12.0 Å². The van der Waals surface area contributed by atoms with Gasteiger partial charge in [0.25, 0.3) is 0 Å². The minimum atomic E-state index is -0.315. The van der Waals surface area contributed by atoms with E-state index in [1.54, 1.807) is 24.3 Å². The van der Waals surface area contributed by atoms with Gasteiger partial charge in [-0.2, -0.15) is 0 Å². The van der Waals surface area contributed by atoms with E-state index in [1.165, 1.54) is 0 Å². The molecule has 1 N–H and O–H groups in total. The van der Waals surface area contributed by atoms with Crippen molar-refractivity contribution in [1.82, 2.24) is 5.48 Å². The van der Waals surface area contributed by atoms with Crippen LogP contribution >= 0.6 is 0 Å². The lowest BCUT2D eigenvalue weighted by Gasteiger charge is -2.05. The minimum Gasteiger partial charge on any atom is -0.370 e. The van der Waals surface area contributed by atoms with Gasteiger partial charge in [-0.1, -0.05) is 50.1 Å². The van der Waals surface area contributed by atoms with Gasteiger partial charge in [-0.05, 0) is 6.42 Å². The van der Waals surface area contributed by atoms with Crippen molar-refractivity contribution in [1.29, 1.82) is 0 Å². The zero-order valence-corrected chi connectivity index (χ0v) is 10.6. The molecule has 1 aromatic rings. The molecule has 0 unspecified atom stereocenters. The molecule has 0 aromatic heterocycles. The van der Waals surface area contributed by atoms with E-state index in [0.717, 1.165) is 19.3 Å². The van der Waals surface area contributed by atoms with Gasteiger partial charge in [0.2, 0.25) is 0 Å². The number of benzene rings is 1. The predicted octanol–water partition coefficient (Wildman–Crippen LogP) is 2.50. The highest BCUT2D eigenvalue weighted by molar-refractivity contribution is 5.97. The van der Waals surface area contributed by atoms with Gasteiger partial charge < -0.3 is 4.84 Å². The van der Waals surface area contributed by atoms with Crippen LogP contribution in [0.5, 0.6) is 0 Å². The summed E-state index contributed by atoms with van der Waals surface area (Å²) in [4.78, 5) is 27.6. The molecule has 0 saturated heterocycles. The Morgan fingerprint density at radius 1 is 1.17 bits per heavy atom. The van der Waals surface area contributed by atoms with Crippen molar-refractivity contribution in [3.05, 3.63) is 35.9 Å². The average Bonchev–Trinajstić information content (AvgIpc) is 2.40. The molecular formula is C14H19NO3. The van der Waals surface area contributed by atoms with Crippen LogP contribution in [0.2, 0.25) is 0 Å². The molecule has 0 radical (unpaired) electrons. The number of Topliss-reactive ketones (excluding diaryl/α,β-unsaturated/α-hetero) is 1. The summed E-state index contributed by atoms with van der Waals surface area (Å²) in [7, 11) is 0. The van der Waals surface area contributed by atoms with Crippen molar-refractivity contribution in [3.63, 3.8) is 0 Å². The van der Waals surface area contributed by atoms with Crippen LogP contribution in [-0.2, 0) is 9.63 Å². The lowest BCUT2D eigenvalue weighted by molar-refractivity contribution is -0.150. The third kappa shape index (κ3) is 5.59. The van der Waals surface area contributed by atoms with E-state index in [9.17, 15) is 9.59 Å². The maximum atomic E-state index is 11.6. The number of ketones is 1. The fourth-order valence-electron chi connectivity index (χ4n) is 1.48. The van der Waals surface area contributed by atoms with E-state index in [4.69, 9.17) is 4.84 Å². The van der Waals surface area contributed by atoms with E-state index in [-0.39, 0.29) is 18.3 Å². The summed E-state index contributed by atoms with van der Waals surface area (Å²) in [6.45, 7) is 2.08. The Labute approximate surface area is 107 Å². The molecule has 4 heteroatoms. The molecule has 0 spiro atoms. The molecular weight excluding hydrogens is 230 g/mol. The first kappa shape index (κ1) is 14.4. The van der Waals surface area contributed by atoms with Gasteiger partial charge in [0.15, 0.2) is 5.78 Å². The van der Waals surface area contributed by atoms with Crippen LogP contribution in [0.3, 0.4) is 0 Å². The Hall–Kier alpha value is -1.68. The van der Waals surface area contributed by atoms with Crippen molar-refractivity contribution >= 4 is 11.8 Å². The topological polar surface area (TPSA) is 55.4 Å². The molecule has 0 aliphatic carbocycles. The molecule has 98 valence electrons. The van der Waals surface area contributed by atoms with Crippen LogP contribution in [-0.4, -0.2) is 18.3 Å². The lowest BCUT2D eigenvalue weighted by Crippen LogP contribution is -2.26. The van der Waals surface area contributed by atoms with Crippen LogP contribution in [0, 0.1) is 0 Å². The summed E-state index contributed by atoms with van der Waals surface area (Å²) in [5.74, 6) is -0.415. The Morgan fingerprint density at radius 2 is 1.89 bits per heavy atom. The minimum absolute atomic E-state index is 0.00350. The number of carbonyl (C=O) groups excluding carboxylic acids is 2. The maximum Gasteiger partial charge on any atom is 0.324 e. The predicted molar refractivity (Wildman–Crippen MR) is 69.0 cm³/mol. The highest BCUT2D eigenvalue weighted by Gasteiger charge is 2.06. The second-order valence-corrected chi connectivity index (χ2v) is 4.04. The van der Waals surface area contributed by atoms with Crippen LogP contribution < -0.4 is 5.48 Å².